The SMILES string of the molecule is COCc1ccccc1CNC(=O)Cc1ccccc1OC. The standard InChI is InChI=1S/C18H21NO3/c1-21-13-16-9-4-3-8-15(16)12-19-18(20)11-14-7-5-6-10-17(14)22-2/h3-10H,11-13H2,1-2H3,(H,19,20). The Labute approximate surface area is 131 Å². The number of hydrogen-bond donors (Lipinski definition) is 1. The molecule has 0 heterocycles. The summed E-state index contributed by atoms with van der Waals surface area (Å²) < 4.78 is 10.4. The molecule has 0 spiro atoms. The van der Waals surface area contributed by atoms with Gasteiger partial charge in [0.15, 0.2) is 0 Å². The van der Waals surface area contributed by atoms with Crippen LogP contribution in [0.5, 0.6) is 5.75 Å². The molecular formula is C18H21NO3. The zero-order chi connectivity index (χ0) is 15.8. The van der Waals surface area contributed by atoms with Crippen LogP contribution in [0.4, 0.5) is 0 Å². The predicted molar refractivity (Wildman–Crippen MR) is 85.7 cm³/mol. The average Bonchev–Trinajstić information content (AvgIpc) is 2.55. The van der Waals surface area contributed by atoms with Gasteiger partial charge in [0.1, 0.15) is 5.75 Å². The number of hydrogen-bond acceptors (Lipinski definition) is 3. The Morgan fingerprint density at radius 3 is 2.27 bits per heavy atom. The van der Waals surface area contributed by atoms with E-state index in [-0.39, 0.29) is 5.91 Å². The number of methoxy groups -OCH3 is 2. The second-order valence-electron chi connectivity index (χ2n) is 4.97. The third-order valence-corrected chi connectivity index (χ3v) is 3.44. The summed E-state index contributed by atoms with van der Waals surface area (Å²) in [5, 5.41) is 2.95. The lowest BCUT2D eigenvalue weighted by Gasteiger charge is -2.11. The molecule has 4 heteroatoms. The zero-order valence-electron chi connectivity index (χ0n) is 13.0. The van der Waals surface area contributed by atoms with E-state index in [0.29, 0.717) is 19.6 Å². The number of rotatable bonds is 7. The van der Waals surface area contributed by atoms with Gasteiger partial charge in [0.05, 0.1) is 20.1 Å². The third-order valence-electron chi connectivity index (χ3n) is 3.44. The quantitative estimate of drug-likeness (QED) is 0.855. The van der Waals surface area contributed by atoms with E-state index in [9.17, 15) is 4.79 Å². The maximum absolute atomic E-state index is 12.1. The minimum atomic E-state index is -0.0308. The second kappa shape index (κ2) is 8.20. The van der Waals surface area contributed by atoms with Crippen LogP contribution in [0.1, 0.15) is 16.7 Å². The van der Waals surface area contributed by atoms with E-state index in [1.807, 2.05) is 48.5 Å². The van der Waals surface area contributed by atoms with Crippen molar-refractivity contribution in [1.29, 1.82) is 0 Å². The highest BCUT2D eigenvalue weighted by Gasteiger charge is 2.09. The molecule has 0 aliphatic heterocycles. The lowest BCUT2D eigenvalue weighted by Crippen LogP contribution is -2.25. The molecule has 0 fully saturated rings. The first-order valence-corrected chi connectivity index (χ1v) is 7.19. The maximum atomic E-state index is 12.1. The number of benzene rings is 2. The van der Waals surface area contributed by atoms with Crippen molar-refractivity contribution in [3.05, 3.63) is 65.2 Å². The van der Waals surface area contributed by atoms with Gasteiger partial charge < -0.3 is 14.8 Å². The van der Waals surface area contributed by atoms with E-state index in [1.165, 1.54) is 0 Å². The molecule has 0 unspecified atom stereocenters. The van der Waals surface area contributed by atoms with E-state index in [2.05, 4.69) is 5.32 Å². The molecule has 2 rings (SSSR count). The predicted octanol–water partition coefficient (Wildman–Crippen LogP) is 2.70. The van der Waals surface area contributed by atoms with Crippen molar-refractivity contribution in [3.63, 3.8) is 0 Å². The smallest absolute Gasteiger partial charge is 0.224 e. The van der Waals surface area contributed by atoms with Crippen molar-refractivity contribution in [2.24, 2.45) is 0 Å². The molecule has 4 nitrogen and oxygen atoms in total. The van der Waals surface area contributed by atoms with Crippen molar-refractivity contribution >= 4 is 5.91 Å². The number of ether oxygens (including phenoxy) is 2. The topological polar surface area (TPSA) is 47.6 Å². The van der Waals surface area contributed by atoms with E-state index in [1.54, 1.807) is 14.2 Å². The Kier molecular flexibility index (Phi) is 5.98. The molecule has 0 bridgehead atoms. The maximum Gasteiger partial charge on any atom is 0.224 e. The number of amides is 1. The first-order valence-electron chi connectivity index (χ1n) is 7.19. The average molecular weight is 299 g/mol. The van der Waals surface area contributed by atoms with E-state index >= 15 is 0 Å². The molecule has 0 aliphatic rings. The van der Waals surface area contributed by atoms with Crippen molar-refractivity contribution < 1.29 is 14.3 Å². The van der Waals surface area contributed by atoms with Gasteiger partial charge >= 0.3 is 0 Å². The Bertz CT molecular complexity index is 625. The van der Waals surface area contributed by atoms with Gasteiger partial charge in [0, 0.05) is 19.2 Å². The lowest BCUT2D eigenvalue weighted by molar-refractivity contribution is -0.120. The van der Waals surface area contributed by atoms with Crippen molar-refractivity contribution in [3.8, 4) is 5.75 Å². The van der Waals surface area contributed by atoms with Gasteiger partial charge in [0.25, 0.3) is 0 Å². The van der Waals surface area contributed by atoms with Crippen LogP contribution < -0.4 is 10.1 Å². The minimum Gasteiger partial charge on any atom is -0.496 e. The third kappa shape index (κ3) is 4.33. The summed E-state index contributed by atoms with van der Waals surface area (Å²) in [6, 6.07) is 15.5. The van der Waals surface area contributed by atoms with Crippen LogP contribution >= 0.6 is 0 Å². The summed E-state index contributed by atoms with van der Waals surface area (Å²) >= 11 is 0. The molecule has 0 atom stereocenters. The zero-order valence-corrected chi connectivity index (χ0v) is 13.0. The highest BCUT2D eigenvalue weighted by molar-refractivity contribution is 5.79. The van der Waals surface area contributed by atoms with E-state index in [0.717, 1.165) is 22.4 Å². The molecule has 0 aliphatic carbocycles. The molecule has 0 aromatic heterocycles. The molecule has 0 saturated heterocycles. The van der Waals surface area contributed by atoms with Crippen LogP contribution in [0.3, 0.4) is 0 Å². The summed E-state index contributed by atoms with van der Waals surface area (Å²) in [6.45, 7) is 1.03. The summed E-state index contributed by atoms with van der Waals surface area (Å²) in [5.74, 6) is 0.703. The van der Waals surface area contributed by atoms with Crippen LogP contribution in [-0.4, -0.2) is 20.1 Å². The van der Waals surface area contributed by atoms with E-state index in [4.69, 9.17) is 9.47 Å². The van der Waals surface area contributed by atoms with Crippen LogP contribution in [0, 0.1) is 0 Å². The van der Waals surface area contributed by atoms with Crippen LogP contribution in [0.25, 0.3) is 0 Å². The first kappa shape index (κ1) is 16.0. The van der Waals surface area contributed by atoms with Gasteiger partial charge in [-0.05, 0) is 17.2 Å². The molecule has 1 N–H and O–H groups in total. The van der Waals surface area contributed by atoms with Gasteiger partial charge in [-0.15, -0.1) is 0 Å². The largest absolute Gasteiger partial charge is 0.496 e. The lowest BCUT2D eigenvalue weighted by atomic mass is 10.1. The second-order valence-corrected chi connectivity index (χ2v) is 4.97. The van der Waals surface area contributed by atoms with Gasteiger partial charge in [-0.3, -0.25) is 4.79 Å². The van der Waals surface area contributed by atoms with Gasteiger partial charge in [0.2, 0.25) is 5.91 Å². The Balaban J connectivity index is 1.96. The normalized spacial score (nSPS) is 10.3. The van der Waals surface area contributed by atoms with Crippen LogP contribution in [-0.2, 0) is 29.1 Å². The number of carbonyl (C=O) groups excluding carboxylic acids is 1. The monoisotopic (exact) mass is 299 g/mol. The molecule has 2 aromatic rings. The minimum absolute atomic E-state index is 0.0308. The Morgan fingerprint density at radius 1 is 0.955 bits per heavy atom. The molecule has 1 amide bonds. The molecule has 0 radical (unpaired) electrons. The fraction of sp³-hybridized carbons (Fsp3) is 0.278. The Morgan fingerprint density at radius 2 is 1.59 bits per heavy atom. The van der Waals surface area contributed by atoms with E-state index < -0.39 is 0 Å². The summed E-state index contributed by atoms with van der Waals surface area (Å²) in [5.41, 5.74) is 3.04. The Hall–Kier alpha value is -2.33. The highest BCUT2D eigenvalue weighted by atomic mass is 16.5. The molecule has 2 aromatic carbocycles. The first-order chi connectivity index (χ1) is 10.7. The highest BCUT2D eigenvalue weighted by Crippen LogP contribution is 2.17. The van der Waals surface area contributed by atoms with Crippen LogP contribution in [0.2, 0.25) is 0 Å². The number of carbonyl (C=O) groups is 1. The van der Waals surface area contributed by atoms with Crippen molar-refractivity contribution in [2.45, 2.75) is 19.6 Å². The molecular weight excluding hydrogens is 278 g/mol. The number of nitrogens with one attached hydrogen (secondary N) is 1. The molecule has 22 heavy (non-hydrogen) atoms. The van der Waals surface area contributed by atoms with Crippen molar-refractivity contribution in [1.82, 2.24) is 5.32 Å². The van der Waals surface area contributed by atoms with Gasteiger partial charge in [-0.25, -0.2) is 0 Å². The molecule has 116 valence electrons. The van der Waals surface area contributed by atoms with Gasteiger partial charge in [-0.1, -0.05) is 42.5 Å². The summed E-state index contributed by atoms with van der Waals surface area (Å²) in [4.78, 5) is 12.1. The van der Waals surface area contributed by atoms with Crippen LogP contribution in [0.15, 0.2) is 48.5 Å². The molecule has 0 saturated carbocycles. The summed E-state index contributed by atoms with van der Waals surface area (Å²) in [6.07, 6.45) is 0.302. The number of para-hydroxylation sites is 1. The van der Waals surface area contributed by atoms with Crippen molar-refractivity contribution in [2.75, 3.05) is 14.2 Å². The van der Waals surface area contributed by atoms with Gasteiger partial charge in [-0.2, -0.15) is 0 Å². The summed E-state index contributed by atoms with van der Waals surface area (Å²) in [7, 11) is 3.27. The fourth-order valence-corrected chi connectivity index (χ4v) is 2.30. The fourth-order valence-electron chi connectivity index (χ4n) is 2.30.